The van der Waals surface area contributed by atoms with Crippen LogP contribution in [-0.2, 0) is 32.6 Å². The number of halogens is 2. The molecule has 12 heteroatoms. The molecule has 0 aliphatic carbocycles. The summed E-state index contributed by atoms with van der Waals surface area (Å²) in [7, 11) is -2.79. The highest BCUT2D eigenvalue weighted by atomic mass is 35.5. The maximum atomic E-state index is 14.5. The number of hydrogen-bond acceptors (Lipinski definition) is 6. The summed E-state index contributed by atoms with van der Waals surface area (Å²) in [5.74, 6) is -0.269. The molecule has 1 aliphatic heterocycles. The van der Waals surface area contributed by atoms with Gasteiger partial charge in [0.15, 0.2) is 11.5 Å². The van der Waals surface area contributed by atoms with Crippen molar-refractivity contribution in [3.63, 3.8) is 0 Å². The first-order chi connectivity index (χ1) is 21.7. The van der Waals surface area contributed by atoms with E-state index in [9.17, 15) is 18.0 Å². The van der Waals surface area contributed by atoms with Gasteiger partial charge >= 0.3 is 0 Å². The van der Waals surface area contributed by atoms with Crippen molar-refractivity contribution in [2.45, 2.75) is 23.9 Å². The van der Waals surface area contributed by atoms with E-state index in [0.717, 1.165) is 9.87 Å². The molecule has 1 atom stereocenters. The first-order valence-electron chi connectivity index (χ1n) is 14.1. The highest BCUT2D eigenvalue weighted by Gasteiger charge is 2.35. The van der Waals surface area contributed by atoms with Crippen LogP contribution in [0.3, 0.4) is 0 Å². The van der Waals surface area contributed by atoms with Gasteiger partial charge in [-0.1, -0.05) is 77.8 Å². The summed E-state index contributed by atoms with van der Waals surface area (Å²) in [6.07, 6.45) is 0.157. The number of nitrogens with one attached hydrogen (secondary N) is 1. The number of nitrogens with zero attached hydrogens (tertiary/aromatic N) is 2. The second-order valence-electron chi connectivity index (χ2n) is 10.2. The van der Waals surface area contributed by atoms with Gasteiger partial charge < -0.3 is 19.7 Å². The normalized spacial score (nSPS) is 13.0. The number of rotatable bonds is 11. The second kappa shape index (κ2) is 14.2. The number of ether oxygens (including phenoxy) is 2. The van der Waals surface area contributed by atoms with E-state index in [1.807, 2.05) is 30.3 Å². The van der Waals surface area contributed by atoms with Gasteiger partial charge in [-0.05, 0) is 42.0 Å². The van der Waals surface area contributed by atoms with Crippen LogP contribution in [0.1, 0.15) is 11.1 Å². The summed E-state index contributed by atoms with van der Waals surface area (Å²) >= 11 is 13.0. The van der Waals surface area contributed by atoms with E-state index in [2.05, 4.69) is 5.32 Å². The fraction of sp³-hybridized carbons (Fsp3) is 0.212. The standard InChI is InChI=1S/C33H31Cl2N3O6S/c1-36-33(40)29(19-23-9-4-2-5-10-23)37(21-26-27(34)13-8-14-28(26)35)32(39)22-38(45(41,42)25-11-6-3-7-12-25)24-15-16-30-31(20-24)44-18-17-43-30/h2-16,20,29H,17-19,21-22H2,1H3,(H,36,40). The van der Waals surface area contributed by atoms with E-state index in [1.54, 1.807) is 48.5 Å². The Hall–Kier alpha value is -4.25. The van der Waals surface area contributed by atoms with Gasteiger partial charge in [0.05, 0.1) is 10.6 Å². The monoisotopic (exact) mass is 667 g/mol. The van der Waals surface area contributed by atoms with Gasteiger partial charge in [-0.15, -0.1) is 0 Å². The van der Waals surface area contributed by atoms with Crippen molar-refractivity contribution in [1.82, 2.24) is 10.2 Å². The number of carbonyl (C=O) groups excluding carboxylic acids is 2. The van der Waals surface area contributed by atoms with Crippen molar-refractivity contribution in [2.24, 2.45) is 0 Å². The van der Waals surface area contributed by atoms with Crippen LogP contribution in [0.4, 0.5) is 5.69 Å². The Morgan fingerprint density at radius 2 is 1.47 bits per heavy atom. The molecule has 0 bridgehead atoms. The molecule has 1 N–H and O–H groups in total. The molecular weight excluding hydrogens is 637 g/mol. The zero-order valence-corrected chi connectivity index (χ0v) is 26.7. The Morgan fingerprint density at radius 3 is 2.11 bits per heavy atom. The SMILES string of the molecule is CNC(=O)C(Cc1ccccc1)N(Cc1c(Cl)cccc1Cl)C(=O)CN(c1ccc2c(c1)OCCO2)S(=O)(=O)c1ccccc1. The molecule has 0 radical (unpaired) electrons. The van der Waals surface area contributed by atoms with Crippen LogP contribution in [0.25, 0.3) is 0 Å². The number of amides is 2. The Balaban J connectivity index is 1.60. The molecule has 0 aromatic heterocycles. The van der Waals surface area contributed by atoms with Gasteiger partial charge in [0.25, 0.3) is 10.0 Å². The van der Waals surface area contributed by atoms with Gasteiger partial charge in [0, 0.05) is 41.7 Å². The molecule has 1 heterocycles. The Labute approximate surface area is 272 Å². The summed E-state index contributed by atoms with van der Waals surface area (Å²) in [4.78, 5) is 29.2. The summed E-state index contributed by atoms with van der Waals surface area (Å²) in [5.41, 5.74) is 1.41. The van der Waals surface area contributed by atoms with Crippen molar-refractivity contribution in [1.29, 1.82) is 0 Å². The molecule has 0 spiro atoms. The number of carbonyl (C=O) groups is 2. The van der Waals surface area contributed by atoms with Crippen molar-refractivity contribution in [3.8, 4) is 11.5 Å². The van der Waals surface area contributed by atoms with Gasteiger partial charge in [-0.25, -0.2) is 8.42 Å². The predicted octanol–water partition coefficient (Wildman–Crippen LogP) is 5.35. The molecule has 9 nitrogen and oxygen atoms in total. The third-order valence-corrected chi connectivity index (χ3v) is 9.83. The molecular formula is C33H31Cl2N3O6S. The van der Waals surface area contributed by atoms with Gasteiger partial charge in [0.2, 0.25) is 11.8 Å². The van der Waals surface area contributed by atoms with E-state index >= 15 is 0 Å². The summed E-state index contributed by atoms with van der Waals surface area (Å²) < 4.78 is 40.6. The molecule has 0 fully saturated rings. The third-order valence-electron chi connectivity index (χ3n) is 7.33. The third kappa shape index (κ3) is 7.36. The summed E-state index contributed by atoms with van der Waals surface area (Å²) in [6.45, 7) is -0.136. The summed E-state index contributed by atoms with van der Waals surface area (Å²) in [5, 5.41) is 3.25. The maximum absolute atomic E-state index is 14.5. The van der Waals surface area contributed by atoms with Crippen LogP contribution in [0.5, 0.6) is 11.5 Å². The minimum absolute atomic E-state index is 0.0134. The van der Waals surface area contributed by atoms with Gasteiger partial charge in [-0.2, -0.15) is 0 Å². The average Bonchev–Trinajstić information content (AvgIpc) is 3.06. The van der Waals surface area contributed by atoms with Gasteiger partial charge in [0.1, 0.15) is 25.8 Å². The number of hydrogen-bond donors (Lipinski definition) is 1. The topological polar surface area (TPSA) is 105 Å². The van der Waals surface area contributed by atoms with Crippen LogP contribution < -0.4 is 19.1 Å². The molecule has 0 saturated heterocycles. The van der Waals surface area contributed by atoms with E-state index in [1.165, 1.54) is 30.1 Å². The first-order valence-corrected chi connectivity index (χ1v) is 16.3. The average molecular weight is 669 g/mol. The quantitative estimate of drug-likeness (QED) is 0.231. The smallest absolute Gasteiger partial charge is 0.264 e. The molecule has 5 rings (SSSR count). The molecule has 234 valence electrons. The van der Waals surface area contributed by atoms with E-state index in [0.29, 0.717) is 40.3 Å². The van der Waals surface area contributed by atoms with E-state index < -0.39 is 34.4 Å². The number of fused-ring (bicyclic) bond motifs is 1. The summed E-state index contributed by atoms with van der Waals surface area (Å²) in [6, 6.07) is 25.6. The van der Waals surface area contributed by atoms with Crippen LogP contribution in [0, 0.1) is 0 Å². The first kappa shape index (κ1) is 32.2. The van der Waals surface area contributed by atoms with E-state index in [-0.39, 0.29) is 23.5 Å². The predicted molar refractivity (Wildman–Crippen MR) is 173 cm³/mol. The lowest BCUT2D eigenvalue weighted by Crippen LogP contribution is -2.53. The number of benzene rings is 4. The minimum atomic E-state index is -4.27. The number of anilines is 1. The van der Waals surface area contributed by atoms with E-state index in [4.69, 9.17) is 32.7 Å². The fourth-order valence-electron chi connectivity index (χ4n) is 5.01. The lowest BCUT2D eigenvalue weighted by atomic mass is 10.0. The zero-order valence-electron chi connectivity index (χ0n) is 24.4. The number of sulfonamides is 1. The van der Waals surface area contributed by atoms with Crippen LogP contribution >= 0.6 is 23.2 Å². The molecule has 2 amide bonds. The zero-order chi connectivity index (χ0) is 32.0. The lowest BCUT2D eigenvalue weighted by molar-refractivity contribution is -0.139. The maximum Gasteiger partial charge on any atom is 0.264 e. The highest BCUT2D eigenvalue weighted by molar-refractivity contribution is 7.92. The van der Waals surface area contributed by atoms with Crippen LogP contribution in [0.15, 0.2) is 102 Å². The molecule has 45 heavy (non-hydrogen) atoms. The molecule has 4 aromatic carbocycles. The molecule has 4 aromatic rings. The molecule has 1 unspecified atom stereocenters. The van der Waals surface area contributed by atoms with Crippen molar-refractivity contribution in [2.75, 3.05) is 31.1 Å². The van der Waals surface area contributed by atoms with Crippen LogP contribution in [0.2, 0.25) is 10.0 Å². The Kier molecular flexibility index (Phi) is 10.2. The van der Waals surface area contributed by atoms with Crippen LogP contribution in [-0.4, -0.2) is 58.0 Å². The highest BCUT2D eigenvalue weighted by Crippen LogP contribution is 2.36. The largest absolute Gasteiger partial charge is 0.486 e. The molecule has 1 aliphatic rings. The minimum Gasteiger partial charge on any atom is -0.486 e. The van der Waals surface area contributed by atoms with Crippen molar-refractivity contribution in [3.05, 3.63) is 118 Å². The van der Waals surface area contributed by atoms with Gasteiger partial charge in [-0.3, -0.25) is 13.9 Å². The number of likely N-dealkylation sites (N-methyl/N-ethyl adjacent to an activating group) is 1. The van der Waals surface area contributed by atoms with Crippen molar-refractivity contribution < 1.29 is 27.5 Å². The fourth-order valence-corrected chi connectivity index (χ4v) is 6.95. The lowest BCUT2D eigenvalue weighted by Gasteiger charge is -2.34. The molecule has 0 saturated carbocycles. The van der Waals surface area contributed by atoms with Crippen molar-refractivity contribution >= 4 is 50.7 Å². The Bertz CT molecular complexity index is 1750. The Morgan fingerprint density at radius 1 is 0.844 bits per heavy atom. The second-order valence-corrected chi connectivity index (χ2v) is 12.9.